The van der Waals surface area contributed by atoms with Crippen molar-refractivity contribution in [2.24, 2.45) is 0 Å². The number of nitrogens with one attached hydrogen (secondary N) is 1. The number of benzene rings is 1. The van der Waals surface area contributed by atoms with Crippen LogP contribution >= 0.6 is 0 Å². The first-order chi connectivity index (χ1) is 7.08. The van der Waals surface area contributed by atoms with Crippen LogP contribution in [0.4, 0.5) is 0 Å². The molecule has 0 aliphatic carbocycles. The van der Waals surface area contributed by atoms with Gasteiger partial charge in [0, 0.05) is 6.54 Å². The Labute approximate surface area is 90.0 Å². The van der Waals surface area contributed by atoms with E-state index in [1.165, 1.54) is 12.1 Å². The van der Waals surface area contributed by atoms with Crippen molar-refractivity contribution < 1.29 is 13.5 Å². The molecule has 2 N–H and O–H groups in total. The van der Waals surface area contributed by atoms with Gasteiger partial charge in [0.15, 0.2) is 0 Å². The van der Waals surface area contributed by atoms with Crippen LogP contribution in [0.2, 0.25) is 0 Å². The van der Waals surface area contributed by atoms with E-state index in [0.29, 0.717) is 6.54 Å². The van der Waals surface area contributed by atoms with Crippen LogP contribution in [-0.2, 0) is 10.0 Å². The molecule has 1 aromatic rings. The Bertz CT molecular complexity index is 414. The zero-order chi connectivity index (χ0) is 11.3. The van der Waals surface area contributed by atoms with E-state index in [0.717, 1.165) is 12.8 Å². The monoisotopic (exact) mass is 229 g/mol. The lowest BCUT2D eigenvalue weighted by molar-refractivity contribution is 0.458. The van der Waals surface area contributed by atoms with Crippen LogP contribution in [0.3, 0.4) is 0 Å². The third kappa shape index (κ3) is 3.21. The summed E-state index contributed by atoms with van der Waals surface area (Å²) in [6.07, 6.45) is 1.70. The van der Waals surface area contributed by atoms with Crippen LogP contribution in [0.15, 0.2) is 29.2 Å². The van der Waals surface area contributed by atoms with E-state index in [4.69, 9.17) is 0 Å². The van der Waals surface area contributed by atoms with Gasteiger partial charge in [-0.1, -0.05) is 25.5 Å². The Morgan fingerprint density at radius 2 is 2.00 bits per heavy atom. The lowest BCUT2D eigenvalue weighted by Gasteiger charge is -2.07. The fourth-order valence-electron chi connectivity index (χ4n) is 1.15. The van der Waals surface area contributed by atoms with Gasteiger partial charge in [-0.05, 0) is 18.6 Å². The minimum absolute atomic E-state index is 0.0684. The first-order valence-electron chi connectivity index (χ1n) is 4.85. The van der Waals surface area contributed by atoms with Crippen molar-refractivity contribution in [3.63, 3.8) is 0 Å². The third-order valence-electron chi connectivity index (χ3n) is 1.98. The summed E-state index contributed by atoms with van der Waals surface area (Å²) in [5, 5.41) is 9.38. The van der Waals surface area contributed by atoms with Gasteiger partial charge in [-0.2, -0.15) is 0 Å². The number of aromatic hydroxyl groups is 1. The predicted octanol–water partition coefficient (Wildman–Crippen LogP) is 1.47. The highest BCUT2D eigenvalue weighted by Gasteiger charge is 2.16. The number of sulfonamides is 1. The van der Waals surface area contributed by atoms with Crippen molar-refractivity contribution in [1.82, 2.24) is 4.72 Å². The maximum absolute atomic E-state index is 11.7. The Balaban J connectivity index is 2.83. The smallest absolute Gasteiger partial charge is 0.244 e. The van der Waals surface area contributed by atoms with E-state index in [1.807, 2.05) is 6.92 Å². The molecule has 1 aromatic carbocycles. The highest BCUT2D eigenvalue weighted by molar-refractivity contribution is 7.89. The van der Waals surface area contributed by atoms with Crippen LogP contribution in [0.1, 0.15) is 19.8 Å². The molecule has 0 fully saturated rings. The number of rotatable bonds is 5. The molecule has 0 heterocycles. The van der Waals surface area contributed by atoms with Gasteiger partial charge >= 0.3 is 0 Å². The molecule has 0 radical (unpaired) electrons. The molecule has 0 aliphatic heterocycles. The quantitative estimate of drug-likeness (QED) is 0.751. The Hall–Kier alpha value is -1.07. The van der Waals surface area contributed by atoms with Crippen LogP contribution in [-0.4, -0.2) is 20.1 Å². The highest BCUT2D eigenvalue weighted by atomic mass is 32.2. The molecule has 4 nitrogen and oxygen atoms in total. The molecule has 0 aliphatic rings. The number of hydrogen-bond donors (Lipinski definition) is 2. The van der Waals surface area contributed by atoms with Gasteiger partial charge in [0.05, 0.1) is 0 Å². The molecular weight excluding hydrogens is 214 g/mol. The molecule has 0 bridgehead atoms. The van der Waals surface area contributed by atoms with E-state index in [2.05, 4.69) is 4.72 Å². The molecule has 0 unspecified atom stereocenters. The molecule has 5 heteroatoms. The zero-order valence-corrected chi connectivity index (χ0v) is 9.42. The SMILES string of the molecule is CCCCNS(=O)(=O)c1ccccc1O. The van der Waals surface area contributed by atoms with Crippen LogP contribution < -0.4 is 4.72 Å². The third-order valence-corrected chi connectivity index (χ3v) is 3.49. The zero-order valence-electron chi connectivity index (χ0n) is 8.60. The maximum atomic E-state index is 11.7. The Morgan fingerprint density at radius 1 is 1.33 bits per heavy atom. The average molecular weight is 229 g/mol. The van der Waals surface area contributed by atoms with Crippen molar-refractivity contribution in [2.75, 3.05) is 6.54 Å². The number of phenols is 1. The van der Waals surface area contributed by atoms with Crippen molar-refractivity contribution in [1.29, 1.82) is 0 Å². The van der Waals surface area contributed by atoms with Crippen molar-refractivity contribution in [3.05, 3.63) is 24.3 Å². The molecule has 0 amide bonds. The van der Waals surface area contributed by atoms with Crippen molar-refractivity contribution >= 4 is 10.0 Å². The van der Waals surface area contributed by atoms with Crippen LogP contribution in [0, 0.1) is 0 Å². The molecule has 1 rings (SSSR count). The van der Waals surface area contributed by atoms with Crippen molar-refractivity contribution in [2.45, 2.75) is 24.7 Å². The van der Waals surface area contributed by atoms with Gasteiger partial charge in [-0.15, -0.1) is 0 Å². The second-order valence-electron chi connectivity index (χ2n) is 3.22. The van der Waals surface area contributed by atoms with E-state index in [-0.39, 0.29) is 10.6 Å². The van der Waals surface area contributed by atoms with Gasteiger partial charge in [-0.3, -0.25) is 0 Å². The maximum Gasteiger partial charge on any atom is 0.244 e. The Kier molecular flexibility index (Phi) is 4.11. The van der Waals surface area contributed by atoms with E-state index < -0.39 is 10.0 Å². The van der Waals surface area contributed by atoms with Gasteiger partial charge in [0.1, 0.15) is 10.6 Å². The lowest BCUT2D eigenvalue weighted by Crippen LogP contribution is -2.24. The minimum Gasteiger partial charge on any atom is -0.507 e. The summed E-state index contributed by atoms with van der Waals surface area (Å²) in [6, 6.07) is 5.90. The lowest BCUT2D eigenvalue weighted by atomic mass is 10.3. The normalized spacial score (nSPS) is 11.5. The molecule has 0 saturated heterocycles. The fraction of sp³-hybridized carbons (Fsp3) is 0.400. The molecule has 84 valence electrons. The molecule has 0 saturated carbocycles. The van der Waals surface area contributed by atoms with Crippen molar-refractivity contribution in [3.8, 4) is 5.75 Å². The molecule has 0 atom stereocenters. The van der Waals surface area contributed by atoms with E-state index >= 15 is 0 Å². The average Bonchev–Trinajstić information content (AvgIpc) is 2.18. The number of phenolic OH excluding ortho intramolecular Hbond substituents is 1. The predicted molar refractivity (Wildman–Crippen MR) is 58.2 cm³/mol. The fourth-order valence-corrected chi connectivity index (χ4v) is 2.32. The highest BCUT2D eigenvalue weighted by Crippen LogP contribution is 2.20. The largest absolute Gasteiger partial charge is 0.507 e. The van der Waals surface area contributed by atoms with E-state index in [1.54, 1.807) is 12.1 Å². The summed E-state index contributed by atoms with van der Waals surface area (Å²) in [4.78, 5) is -0.0684. The van der Waals surface area contributed by atoms with E-state index in [9.17, 15) is 13.5 Å². The molecular formula is C10H15NO3S. The van der Waals surface area contributed by atoms with Crippen LogP contribution in [0.5, 0.6) is 5.75 Å². The second kappa shape index (κ2) is 5.14. The summed E-state index contributed by atoms with van der Waals surface area (Å²) in [6.45, 7) is 2.38. The summed E-state index contributed by atoms with van der Waals surface area (Å²) < 4.78 is 25.7. The Morgan fingerprint density at radius 3 is 2.60 bits per heavy atom. The van der Waals surface area contributed by atoms with Crippen LogP contribution in [0.25, 0.3) is 0 Å². The standard InChI is InChI=1S/C10H15NO3S/c1-2-3-8-11-15(13,14)10-7-5-4-6-9(10)12/h4-7,11-12H,2-3,8H2,1H3. The topological polar surface area (TPSA) is 66.4 Å². The first kappa shape index (κ1) is 12.0. The summed E-state index contributed by atoms with van der Waals surface area (Å²) in [5.74, 6) is -0.221. The second-order valence-corrected chi connectivity index (χ2v) is 4.95. The first-order valence-corrected chi connectivity index (χ1v) is 6.34. The number of unbranched alkanes of at least 4 members (excludes halogenated alkanes) is 1. The number of hydrogen-bond acceptors (Lipinski definition) is 3. The van der Waals surface area contributed by atoms with Gasteiger partial charge in [0.2, 0.25) is 10.0 Å². The minimum atomic E-state index is -3.56. The van der Waals surface area contributed by atoms with Gasteiger partial charge in [0.25, 0.3) is 0 Å². The molecule has 15 heavy (non-hydrogen) atoms. The molecule has 0 spiro atoms. The summed E-state index contributed by atoms with van der Waals surface area (Å²) in [7, 11) is -3.56. The summed E-state index contributed by atoms with van der Waals surface area (Å²) >= 11 is 0. The molecule has 0 aromatic heterocycles. The number of para-hydroxylation sites is 1. The van der Waals surface area contributed by atoms with Gasteiger partial charge in [-0.25, -0.2) is 13.1 Å². The summed E-state index contributed by atoms with van der Waals surface area (Å²) in [5.41, 5.74) is 0. The van der Waals surface area contributed by atoms with Gasteiger partial charge < -0.3 is 5.11 Å².